The van der Waals surface area contributed by atoms with Gasteiger partial charge in [0.15, 0.2) is 0 Å². The van der Waals surface area contributed by atoms with E-state index in [2.05, 4.69) is 26.7 Å². The molecular weight excluding hydrogens is 218 g/mol. The quantitative estimate of drug-likeness (QED) is 0.800. The van der Waals surface area contributed by atoms with Crippen LogP contribution in [0.4, 0.5) is 0 Å². The highest BCUT2D eigenvalue weighted by Gasteiger charge is 2.15. The second-order valence-electron chi connectivity index (χ2n) is 3.58. The lowest BCUT2D eigenvalue weighted by Gasteiger charge is -2.00. The first kappa shape index (κ1) is 11.4. The summed E-state index contributed by atoms with van der Waals surface area (Å²) in [5.74, 6) is 1.46. The van der Waals surface area contributed by atoms with Gasteiger partial charge in [0.05, 0.1) is 6.04 Å². The summed E-state index contributed by atoms with van der Waals surface area (Å²) in [6, 6.07) is 1.40. The molecule has 0 amide bonds. The summed E-state index contributed by atoms with van der Waals surface area (Å²) in [5.41, 5.74) is 6.45. The minimum Gasteiger partial charge on any atom is -0.337 e. The van der Waals surface area contributed by atoms with Gasteiger partial charge in [-0.1, -0.05) is 11.2 Å². The lowest BCUT2D eigenvalue weighted by molar-refractivity contribution is 0.355. The Labute approximate surface area is 98.6 Å². The van der Waals surface area contributed by atoms with Crippen LogP contribution >= 0.6 is 0 Å². The van der Waals surface area contributed by atoms with Crippen LogP contribution in [0, 0.1) is 6.92 Å². The van der Waals surface area contributed by atoms with E-state index >= 15 is 0 Å². The predicted molar refractivity (Wildman–Crippen MR) is 61.8 cm³/mol. The molecule has 0 aliphatic carbocycles. The Kier molecular flexibility index (Phi) is 3.24. The summed E-state index contributed by atoms with van der Waals surface area (Å²) < 4.78 is 5.08. The van der Waals surface area contributed by atoms with Gasteiger partial charge in [0.25, 0.3) is 0 Å². The average molecular weight is 231 g/mol. The van der Waals surface area contributed by atoms with Crippen molar-refractivity contribution in [2.45, 2.75) is 19.4 Å². The number of rotatable bonds is 4. The summed E-state index contributed by atoms with van der Waals surface area (Å²) in [6.07, 6.45) is 3.95. The van der Waals surface area contributed by atoms with Crippen molar-refractivity contribution in [1.82, 2.24) is 20.1 Å². The third kappa shape index (κ3) is 2.54. The van der Waals surface area contributed by atoms with Crippen LogP contribution in [0.15, 0.2) is 29.4 Å². The number of nitrogens with two attached hydrogens (primary N) is 1. The van der Waals surface area contributed by atoms with Crippen molar-refractivity contribution < 1.29 is 4.52 Å². The van der Waals surface area contributed by atoms with Crippen LogP contribution in [0.2, 0.25) is 0 Å². The SMILES string of the molecule is C=CCC(N)c1nc(-c2ccnc(C)n2)no1. The normalized spacial score (nSPS) is 12.4. The lowest BCUT2D eigenvalue weighted by atomic mass is 10.2. The molecule has 6 nitrogen and oxygen atoms in total. The summed E-state index contributed by atoms with van der Waals surface area (Å²) in [4.78, 5) is 12.4. The standard InChI is InChI=1S/C11H13N5O/c1-3-4-8(12)11-15-10(16-17-11)9-5-6-13-7(2)14-9/h3,5-6,8H,1,4,12H2,2H3. The topological polar surface area (TPSA) is 90.7 Å². The molecule has 1 unspecified atom stereocenters. The van der Waals surface area contributed by atoms with Crippen LogP contribution in [0.3, 0.4) is 0 Å². The predicted octanol–water partition coefficient (Wildman–Crippen LogP) is 1.41. The lowest BCUT2D eigenvalue weighted by Crippen LogP contribution is -2.09. The zero-order valence-corrected chi connectivity index (χ0v) is 9.50. The summed E-state index contributed by atoms with van der Waals surface area (Å²) >= 11 is 0. The van der Waals surface area contributed by atoms with E-state index in [4.69, 9.17) is 10.3 Å². The van der Waals surface area contributed by atoms with Crippen LogP contribution in [-0.2, 0) is 0 Å². The molecule has 0 saturated carbocycles. The van der Waals surface area contributed by atoms with Crippen molar-refractivity contribution in [3.05, 3.63) is 36.6 Å². The van der Waals surface area contributed by atoms with Crippen LogP contribution < -0.4 is 5.73 Å². The van der Waals surface area contributed by atoms with Gasteiger partial charge in [-0.3, -0.25) is 0 Å². The molecule has 0 radical (unpaired) electrons. The minimum atomic E-state index is -0.323. The van der Waals surface area contributed by atoms with E-state index in [1.54, 1.807) is 25.3 Å². The number of aromatic nitrogens is 4. The molecule has 0 aliphatic heterocycles. The Balaban J connectivity index is 2.26. The fraction of sp³-hybridized carbons (Fsp3) is 0.273. The highest BCUT2D eigenvalue weighted by Crippen LogP contribution is 2.17. The van der Waals surface area contributed by atoms with Crippen LogP contribution in [0.5, 0.6) is 0 Å². The molecule has 0 aliphatic rings. The fourth-order valence-electron chi connectivity index (χ4n) is 1.35. The largest absolute Gasteiger partial charge is 0.337 e. The Hall–Kier alpha value is -2.08. The highest BCUT2D eigenvalue weighted by molar-refractivity contribution is 5.47. The highest BCUT2D eigenvalue weighted by atomic mass is 16.5. The Morgan fingerprint density at radius 3 is 3.06 bits per heavy atom. The van der Waals surface area contributed by atoms with Gasteiger partial charge < -0.3 is 10.3 Å². The molecule has 2 N–H and O–H groups in total. The molecule has 2 aromatic heterocycles. The fourth-order valence-corrected chi connectivity index (χ4v) is 1.35. The van der Waals surface area contributed by atoms with Crippen LogP contribution in [0.25, 0.3) is 11.5 Å². The van der Waals surface area contributed by atoms with Gasteiger partial charge in [-0.15, -0.1) is 6.58 Å². The Morgan fingerprint density at radius 2 is 2.35 bits per heavy atom. The Morgan fingerprint density at radius 1 is 1.53 bits per heavy atom. The van der Waals surface area contributed by atoms with Crippen molar-refractivity contribution >= 4 is 0 Å². The molecule has 0 bridgehead atoms. The van der Waals surface area contributed by atoms with E-state index in [1.807, 2.05) is 0 Å². The first-order valence-corrected chi connectivity index (χ1v) is 5.21. The van der Waals surface area contributed by atoms with Crippen LogP contribution in [0.1, 0.15) is 24.2 Å². The van der Waals surface area contributed by atoms with Gasteiger partial charge in [0.1, 0.15) is 11.5 Å². The molecule has 1 atom stereocenters. The van der Waals surface area contributed by atoms with Crippen molar-refractivity contribution in [2.24, 2.45) is 5.73 Å². The third-order valence-corrected chi connectivity index (χ3v) is 2.18. The molecule has 0 saturated heterocycles. The second kappa shape index (κ2) is 4.84. The molecule has 6 heteroatoms. The smallest absolute Gasteiger partial charge is 0.244 e. The maximum atomic E-state index is 5.83. The number of aryl methyl sites for hydroxylation is 1. The van der Waals surface area contributed by atoms with Gasteiger partial charge in [0.2, 0.25) is 11.7 Å². The van der Waals surface area contributed by atoms with Crippen molar-refractivity contribution in [2.75, 3.05) is 0 Å². The third-order valence-electron chi connectivity index (χ3n) is 2.18. The van der Waals surface area contributed by atoms with Gasteiger partial charge in [-0.25, -0.2) is 9.97 Å². The summed E-state index contributed by atoms with van der Waals surface area (Å²) in [5, 5.41) is 3.84. The maximum Gasteiger partial charge on any atom is 0.244 e. The van der Waals surface area contributed by atoms with E-state index in [0.29, 0.717) is 29.7 Å². The molecule has 2 rings (SSSR count). The van der Waals surface area contributed by atoms with Gasteiger partial charge in [-0.2, -0.15) is 4.98 Å². The average Bonchev–Trinajstić information content (AvgIpc) is 2.78. The van der Waals surface area contributed by atoms with E-state index in [-0.39, 0.29) is 6.04 Å². The monoisotopic (exact) mass is 231 g/mol. The first-order chi connectivity index (χ1) is 8.20. The van der Waals surface area contributed by atoms with E-state index in [9.17, 15) is 0 Å². The van der Waals surface area contributed by atoms with E-state index < -0.39 is 0 Å². The van der Waals surface area contributed by atoms with Gasteiger partial charge >= 0.3 is 0 Å². The number of nitrogens with zero attached hydrogens (tertiary/aromatic N) is 4. The van der Waals surface area contributed by atoms with Crippen molar-refractivity contribution in [3.63, 3.8) is 0 Å². The molecule has 0 spiro atoms. The maximum absolute atomic E-state index is 5.83. The first-order valence-electron chi connectivity index (χ1n) is 5.21. The molecule has 2 heterocycles. The molecule has 0 fully saturated rings. The second-order valence-corrected chi connectivity index (χ2v) is 3.58. The summed E-state index contributed by atoms with van der Waals surface area (Å²) in [6.45, 7) is 5.41. The van der Waals surface area contributed by atoms with Gasteiger partial charge in [-0.05, 0) is 19.4 Å². The number of hydrogen-bond donors (Lipinski definition) is 1. The van der Waals surface area contributed by atoms with Gasteiger partial charge in [0, 0.05) is 6.20 Å². The molecule has 17 heavy (non-hydrogen) atoms. The zero-order valence-electron chi connectivity index (χ0n) is 9.50. The number of hydrogen-bond acceptors (Lipinski definition) is 6. The van der Waals surface area contributed by atoms with Crippen LogP contribution in [-0.4, -0.2) is 20.1 Å². The minimum absolute atomic E-state index is 0.323. The summed E-state index contributed by atoms with van der Waals surface area (Å²) in [7, 11) is 0. The van der Waals surface area contributed by atoms with E-state index in [0.717, 1.165) is 0 Å². The van der Waals surface area contributed by atoms with Crippen molar-refractivity contribution in [3.8, 4) is 11.5 Å². The van der Waals surface area contributed by atoms with E-state index in [1.165, 1.54) is 0 Å². The molecular formula is C11H13N5O. The zero-order chi connectivity index (χ0) is 12.3. The molecule has 88 valence electrons. The van der Waals surface area contributed by atoms with Crippen molar-refractivity contribution in [1.29, 1.82) is 0 Å². The molecule has 0 aromatic carbocycles. The molecule has 2 aromatic rings. The Bertz CT molecular complexity index is 522.